The molecule has 0 saturated heterocycles. The van der Waals surface area contributed by atoms with Gasteiger partial charge < -0.3 is 20.7 Å². The fourth-order valence-electron chi connectivity index (χ4n) is 3.51. The average molecular weight is 438 g/mol. The molecule has 2 aromatic rings. The van der Waals surface area contributed by atoms with Crippen LogP contribution >= 0.6 is 0 Å². The Labute approximate surface area is 180 Å². The second-order valence-corrected chi connectivity index (χ2v) is 8.47. The van der Waals surface area contributed by atoms with Crippen LogP contribution in [-0.2, 0) is 19.0 Å². The maximum atomic E-state index is 13.5. The van der Waals surface area contributed by atoms with Gasteiger partial charge in [-0.25, -0.2) is 0 Å². The lowest BCUT2D eigenvalue weighted by molar-refractivity contribution is -0.139. The Bertz CT molecular complexity index is 844. The van der Waals surface area contributed by atoms with E-state index >= 15 is 0 Å². The molecule has 7 heteroatoms. The van der Waals surface area contributed by atoms with Gasteiger partial charge in [-0.3, -0.25) is 0 Å². The summed E-state index contributed by atoms with van der Waals surface area (Å²) in [6.45, 7) is -0.700. The normalized spacial score (nSPS) is 14.6. The summed E-state index contributed by atoms with van der Waals surface area (Å²) in [5.74, 6) is 0.512. The van der Waals surface area contributed by atoms with E-state index in [1.54, 1.807) is 6.07 Å². The third-order valence-corrected chi connectivity index (χ3v) is 5.79. The zero-order chi connectivity index (χ0) is 22.5. The van der Waals surface area contributed by atoms with Crippen molar-refractivity contribution in [3.63, 3.8) is 0 Å². The number of hydrogen-bond donors (Lipinski definition) is 3. The Hall–Kier alpha value is -2.09. The Balaban J connectivity index is 1.56. The lowest BCUT2D eigenvalue weighted by Gasteiger charge is -2.24. The van der Waals surface area contributed by atoms with E-state index in [1.165, 1.54) is 24.5 Å². The fourth-order valence-corrected chi connectivity index (χ4v) is 3.51. The van der Waals surface area contributed by atoms with Gasteiger partial charge in [0.1, 0.15) is 5.75 Å². The molecule has 0 atom stereocenters. The molecule has 3 rings (SSSR count). The van der Waals surface area contributed by atoms with Crippen LogP contribution in [0.15, 0.2) is 42.5 Å². The van der Waals surface area contributed by atoms with Crippen molar-refractivity contribution >= 4 is 0 Å². The van der Waals surface area contributed by atoms with Crippen molar-refractivity contribution in [2.24, 2.45) is 5.73 Å². The molecule has 0 bridgehead atoms. The van der Waals surface area contributed by atoms with Crippen LogP contribution in [0.4, 0.5) is 13.2 Å². The highest BCUT2D eigenvalue weighted by molar-refractivity contribution is 5.39. The monoisotopic (exact) mass is 437 g/mol. The molecule has 0 aliphatic heterocycles. The van der Waals surface area contributed by atoms with Gasteiger partial charge in [-0.15, -0.1) is 0 Å². The van der Waals surface area contributed by atoms with Crippen LogP contribution in [0.5, 0.6) is 5.75 Å². The molecule has 1 fully saturated rings. The standard InChI is InChI=1S/C24H30F3NO3/c25-24(26,27)21-14-18(11-12-23(28,15-29)16-30)5-10-22(21)31-13-1-2-17-3-6-19(7-4-17)20-8-9-20/h3-7,10,14,20,29-30H,1-2,8-9,11-13,15-16,28H2. The number of rotatable bonds is 11. The van der Waals surface area contributed by atoms with Crippen molar-refractivity contribution in [1.29, 1.82) is 0 Å². The Morgan fingerprint density at radius 3 is 2.16 bits per heavy atom. The van der Waals surface area contributed by atoms with Crippen molar-refractivity contribution in [2.45, 2.75) is 56.2 Å². The van der Waals surface area contributed by atoms with E-state index in [4.69, 9.17) is 10.5 Å². The summed E-state index contributed by atoms with van der Waals surface area (Å²) in [5.41, 5.74) is 6.70. The Morgan fingerprint density at radius 2 is 1.58 bits per heavy atom. The van der Waals surface area contributed by atoms with Gasteiger partial charge in [0.2, 0.25) is 0 Å². The van der Waals surface area contributed by atoms with E-state index in [9.17, 15) is 23.4 Å². The largest absolute Gasteiger partial charge is 0.493 e. The van der Waals surface area contributed by atoms with Gasteiger partial charge >= 0.3 is 6.18 Å². The van der Waals surface area contributed by atoms with Crippen LogP contribution < -0.4 is 10.5 Å². The lowest BCUT2D eigenvalue weighted by atomic mass is 9.93. The summed E-state index contributed by atoms with van der Waals surface area (Å²) in [7, 11) is 0. The van der Waals surface area contributed by atoms with Crippen LogP contribution in [0.3, 0.4) is 0 Å². The number of aliphatic hydroxyl groups is 2. The van der Waals surface area contributed by atoms with Crippen molar-refractivity contribution in [1.82, 2.24) is 0 Å². The van der Waals surface area contributed by atoms with E-state index in [-0.39, 0.29) is 25.2 Å². The Morgan fingerprint density at radius 1 is 0.935 bits per heavy atom. The molecule has 4 nitrogen and oxygen atoms in total. The van der Waals surface area contributed by atoms with E-state index in [2.05, 4.69) is 24.3 Å². The summed E-state index contributed by atoms with van der Waals surface area (Å²) in [6, 6.07) is 12.4. The van der Waals surface area contributed by atoms with Crippen molar-refractivity contribution in [2.75, 3.05) is 19.8 Å². The zero-order valence-electron chi connectivity index (χ0n) is 17.5. The van der Waals surface area contributed by atoms with Gasteiger partial charge in [0.15, 0.2) is 0 Å². The number of ether oxygens (including phenoxy) is 1. The molecular formula is C24H30F3NO3. The van der Waals surface area contributed by atoms with Gasteiger partial charge in [0.05, 0.1) is 30.9 Å². The number of alkyl halides is 3. The Kier molecular flexibility index (Phi) is 7.62. The molecule has 2 aromatic carbocycles. The van der Waals surface area contributed by atoms with E-state index in [1.807, 2.05) is 0 Å². The molecule has 0 radical (unpaired) electrons. The first-order valence-corrected chi connectivity index (χ1v) is 10.7. The van der Waals surface area contributed by atoms with Crippen molar-refractivity contribution in [3.05, 3.63) is 64.7 Å². The number of halogens is 3. The highest BCUT2D eigenvalue weighted by Crippen LogP contribution is 2.40. The maximum Gasteiger partial charge on any atom is 0.419 e. The summed E-state index contributed by atoms with van der Waals surface area (Å²) < 4.78 is 46.1. The minimum absolute atomic E-state index is 0.164. The van der Waals surface area contributed by atoms with Crippen molar-refractivity contribution < 1.29 is 28.1 Å². The topological polar surface area (TPSA) is 75.7 Å². The third-order valence-electron chi connectivity index (χ3n) is 5.79. The second kappa shape index (κ2) is 10.0. The first kappa shape index (κ1) is 23.6. The number of nitrogens with two attached hydrogens (primary N) is 1. The maximum absolute atomic E-state index is 13.5. The second-order valence-electron chi connectivity index (χ2n) is 8.47. The van der Waals surface area contributed by atoms with Gasteiger partial charge in [-0.1, -0.05) is 30.3 Å². The molecule has 1 aliphatic rings. The number of aliphatic hydroxyl groups excluding tert-OH is 2. The SMILES string of the molecule is NC(CO)(CO)CCc1ccc(OCCCc2ccc(C3CC3)cc2)c(C(F)(F)F)c1. The molecule has 0 aromatic heterocycles. The summed E-state index contributed by atoms with van der Waals surface area (Å²) in [5, 5.41) is 18.5. The molecule has 4 N–H and O–H groups in total. The molecule has 1 saturated carbocycles. The average Bonchev–Trinajstić information content (AvgIpc) is 3.61. The minimum Gasteiger partial charge on any atom is -0.493 e. The highest BCUT2D eigenvalue weighted by atomic mass is 19.4. The quantitative estimate of drug-likeness (QED) is 0.461. The van der Waals surface area contributed by atoms with E-state index in [0.717, 1.165) is 18.1 Å². The van der Waals surface area contributed by atoms with Gasteiger partial charge in [0.25, 0.3) is 0 Å². The van der Waals surface area contributed by atoms with Crippen molar-refractivity contribution in [3.8, 4) is 5.75 Å². The fraction of sp³-hybridized carbons (Fsp3) is 0.500. The molecule has 0 spiro atoms. The predicted octanol–water partition coefficient (Wildman–Crippen LogP) is 4.21. The van der Waals surface area contributed by atoms with Crippen LogP contribution in [0.25, 0.3) is 0 Å². The molecule has 170 valence electrons. The first-order chi connectivity index (χ1) is 14.7. The summed E-state index contributed by atoms with van der Waals surface area (Å²) in [6.07, 6.45) is -0.310. The first-order valence-electron chi connectivity index (χ1n) is 10.7. The third kappa shape index (κ3) is 6.69. The molecule has 0 unspecified atom stereocenters. The van der Waals surface area contributed by atoms with Gasteiger partial charge in [-0.05, 0) is 73.3 Å². The number of hydrogen-bond acceptors (Lipinski definition) is 4. The zero-order valence-corrected chi connectivity index (χ0v) is 17.5. The van der Waals surface area contributed by atoms with Crippen LogP contribution in [0, 0.1) is 0 Å². The van der Waals surface area contributed by atoms with E-state index < -0.39 is 30.5 Å². The molecule has 0 heterocycles. The molecule has 0 amide bonds. The number of benzene rings is 2. The lowest BCUT2D eigenvalue weighted by Crippen LogP contribution is -2.47. The van der Waals surface area contributed by atoms with Crippen LogP contribution in [0.1, 0.15) is 53.9 Å². The number of aryl methyl sites for hydroxylation is 2. The van der Waals surface area contributed by atoms with E-state index in [0.29, 0.717) is 17.9 Å². The molecule has 1 aliphatic carbocycles. The van der Waals surface area contributed by atoms with Gasteiger partial charge in [0, 0.05) is 0 Å². The van der Waals surface area contributed by atoms with Gasteiger partial charge in [-0.2, -0.15) is 13.2 Å². The highest BCUT2D eigenvalue weighted by Gasteiger charge is 2.35. The molecular weight excluding hydrogens is 407 g/mol. The van der Waals surface area contributed by atoms with Crippen LogP contribution in [0.2, 0.25) is 0 Å². The predicted molar refractivity (Wildman–Crippen MR) is 113 cm³/mol. The summed E-state index contributed by atoms with van der Waals surface area (Å²) in [4.78, 5) is 0. The minimum atomic E-state index is -4.54. The van der Waals surface area contributed by atoms with Crippen LogP contribution in [-0.4, -0.2) is 35.6 Å². The molecule has 31 heavy (non-hydrogen) atoms. The summed E-state index contributed by atoms with van der Waals surface area (Å²) >= 11 is 0. The smallest absolute Gasteiger partial charge is 0.419 e.